The number of hydrogen-bond acceptors (Lipinski definition) is 3. The van der Waals surface area contributed by atoms with Crippen LogP contribution in [-0.2, 0) is 4.79 Å². The van der Waals surface area contributed by atoms with Crippen LogP contribution >= 0.6 is 0 Å². The molecule has 4 heteroatoms. The summed E-state index contributed by atoms with van der Waals surface area (Å²) in [6.07, 6.45) is 1.99. The molecule has 1 aliphatic rings. The Hall–Kier alpha value is -2.62. The number of aromatic hydroxyl groups is 1. The molecule has 0 spiro atoms. The zero-order valence-corrected chi connectivity index (χ0v) is 10.8. The zero-order valence-electron chi connectivity index (χ0n) is 10.8. The minimum Gasteiger partial charge on any atom is -0.507 e. The molecule has 2 aromatic rings. The van der Waals surface area contributed by atoms with Gasteiger partial charge in [-0.1, -0.05) is 42.5 Å². The summed E-state index contributed by atoms with van der Waals surface area (Å²) < 4.78 is 0. The molecule has 1 fully saturated rings. The number of β-lactam (4-membered cyclic amide) rings is 1. The molecule has 0 saturated carbocycles. The van der Waals surface area contributed by atoms with Crippen molar-refractivity contribution in [3.05, 3.63) is 65.7 Å². The van der Waals surface area contributed by atoms with Gasteiger partial charge in [0.15, 0.2) is 0 Å². The van der Waals surface area contributed by atoms with Crippen LogP contribution in [0.4, 0.5) is 0 Å². The quantitative estimate of drug-likeness (QED) is 0.686. The molecular formula is C16H14N2O2. The van der Waals surface area contributed by atoms with Crippen molar-refractivity contribution < 1.29 is 9.90 Å². The molecular weight excluding hydrogens is 252 g/mol. The standard InChI is InChI=1S/C16H14N2O2/c19-15-9-5-4-8-13(15)11-17-18-14(10-16(18)20)12-6-2-1-3-7-12/h1-9,11,14,19H,10H2. The Labute approximate surface area is 117 Å². The minimum absolute atomic E-state index is 0.00851. The Morgan fingerprint density at radius 3 is 2.50 bits per heavy atom. The summed E-state index contributed by atoms with van der Waals surface area (Å²) in [7, 11) is 0. The summed E-state index contributed by atoms with van der Waals surface area (Å²) in [5, 5.41) is 15.3. The van der Waals surface area contributed by atoms with Crippen LogP contribution in [0.5, 0.6) is 5.75 Å². The second kappa shape index (κ2) is 5.17. The number of phenolic OH excluding ortho intramolecular Hbond substituents is 1. The van der Waals surface area contributed by atoms with Gasteiger partial charge in [0.1, 0.15) is 5.75 Å². The zero-order chi connectivity index (χ0) is 13.9. The summed E-state index contributed by atoms with van der Waals surface area (Å²) in [5.74, 6) is 0.144. The van der Waals surface area contributed by atoms with Crippen molar-refractivity contribution in [3.63, 3.8) is 0 Å². The second-order valence-corrected chi connectivity index (χ2v) is 4.67. The molecule has 1 aliphatic heterocycles. The van der Waals surface area contributed by atoms with Gasteiger partial charge in [-0.2, -0.15) is 5.10 Å². The van der Waals surface area contributed by atoms with Crippen molar-refractivity contribution in [1.82, 2.24) is 5.01 Å². The average Bonchev–Trinajstić information content (AvgIpc) is 2.47. The van der Waals surface area contributed by atoms with Gasteiger partial charge >= 0.3 is 0 Å². The lowest BCUT2D eigenvalue weighted by Crippen LogP contribution is -2.42. The van der Waals surface area contributed by atoms with Crippen LogP contribution in [0.15, 0.2) is 59.7 Å². The molecule has 20 heavy (non-hydrogen) atoms. The van der Waals surface area contributed by atoms with Crippen LogP contribution in [0.1, 0.15) is 23.6 Å². The van der Waals surface area contributed by atoms with Crippen molar-refractivity contribution in [3.8, 4) is 5.75 Å². The van der Waals surface area contributed by atoms with Crippen LogP contribution in [-0.4, -0.2) is 22.2 Å². The molecule has 1 amide bonds. The Kier molecular flexibility index (Phi) is 3.21. The van der Waals surface area contributed by atoms with E-state index in [2.05, 4.69) is 5.10 Å². The first-order valence-electron chi connectivity index (χ1n) is 6.44. The number of phenols is 1. The Morgan fingerprint density at radius 2 is 1.80 bits per heavy atom. The molecule has 4 nitrogen and oxygen atoms in total. The van der Waals surface area contributed by atoms with Gasteiger partial charge in [-0.15, -0.1) is 0 Å². The first-order chi connectivity index (χ1) is 9.75. The monoisotopic (exact) mass is 266 g/mol. The highest BCUT2D eigenvalue weighted by Gasteiger charge is 2.37. The maximum Gasteiger partial charge on any atom is 0.245 e. The van der Waals surface area contributed by atoms with E-state index in [1.165, 1.54) is 11.2 Å². The normalized spacial score (nSPS) is 18.3. The molecule has 1 atom stereocenters. The van der Waals surface area contributed by atoms with Gasteiger partial charge in [0.05, 0.1) is 18.7 Å². The molecule has 0 radical (unpaired) electrons. The van der Waals surface area contributed by atoms with Crippen molar-refractivity contribution in [2.45, 2.75) is 12.5 Å². The number of nitrogens with zero attached hydrogens (tertiary/aromatic N) is 2. The summed E-state index contributed by atoms with van der Waals surface area (Å²) >= 11 is 0. The molecule has 0 bridgehead atoms. The lowest BCUT2D eigenvalue weighted by Gasteiger charge is -2.36. The summed E-state index contributed by atoms with van der Waals surface area (Å²) in [6.45, 7) is 0. The fourth-order valence-electron chi connectivity index (χ4n) is 2.21. The Bertz CT molecular complexity index is 653. The molecule has 2 aromatic carbocycles. The number of carbonyl (C=O) groups is 1. The highest BCUT2D eigenvalue weighted by Crippen LogP contribution is 2.34. The molecule has 1 heterocycles. The van der Waals surface area contributed by atoms with E-state index < -0.39 is 0 Å². The summed E-state index contributed by atoms with van der Waals surface area (Å²) in [6, 6.07) is 16.7. The maximum atomic E-state index is 11.7. The number of hydrazone groups is 1. The van der Waals surface area contributed by atoms with Crippen LogP contribution < -0.4 is 0 Å². The predicted octanol–water partition coefficient (Wildman–Crippen LogP) is 2.70. The first kappa shape index (κ1) is 12.4. The van der Waals surface area contributed by atoms with E-state index in [1.807, 2.05) is 36.4 Å². The van der Waals surface area contributed by atoms with Crippen molar-refractivity contribution in [2.75, 3.05) is 0 Å². The van der Waals surface area contributed by atoms with Crippen LogP contribution in [0.2, 0.25) is 0 Å². The fraction of sp³-hybridized carbons (Fsp3) is 0.125. The number of benzene rings is 2. The van der Waals surface area contributed by atoms with Crippen molar-refractivity contribution in [1.29, 1.82) is 0 Å². The molecule has 1 saturated heterocycles. The number of hydrogen-bond donors (Lipinski definition) is 1. The Balaban J connectivity index is 1.80. The van der Waals surface area contributed by atoms with Gasteiger partial charge in [-0.05, 0) is 17.7 Å². The SMILES string of the molecule is O=C1CC(c2ccccc2)N1N=Cc1ccccc1O. The number of para-hydroxylation sites is 1. The summed E-state index contributed by atoms with van der Waals surface area (Å²) in [5.41, 5.74) is 1.67. The van der Waals surface area contributed by atoms with Gasteiger partial charge in [-0.3, -0.25) is 4.79 Å². The van der Waals surface area contributed by atoms with Crippen LogP contribution in [0, 0.1) is 0 Å². The fourth-order valence-corrected chi connectivity index (χ4v) is 2.21. The van der Waals surface area contributed by atoms with E-state index in [-0.39, 0.29) is 17.7 Å². The van der Waals surface area contributed by atoms with E-state index in [4.69, 9.17) is 0 Å². The second-order valence-electron chi connectivity index (χ2n) is 4.67. The average molecular weight is 266 g/mol. The molecule has 1 unspecified atom stereocenters. The van der Waals surface area contributed by atoms with E-state index in [9.17, 15) is 9.90 Å². The van der Waals surface area contributed by atoms with Crippen molar-refractivity contribution >= 4 is 12.1 Å². The largest absolute Gasteiger partial charge is 0.507 e. The van der Waals surface area contributed by atoms with E-state index >= 15 is 0 Å². The third-order valence-electron chi connectivity index (χ3n) is 3.36. The number of amides is 1. The first-order valence-corrected chi connectivity index (χ1v) is 6.44. The van der Waals surface area contributed by atoms with Crippen LogP contribution in [0.25, 0.3) is 0 Å². The van der Waals surface area contributed by atoms with Crippen LogP contribution in [0.3, 0.4) is 0 Å². The maximum absolute atomic E-state index is 11.7. The Morgan fingerprint density at radius 1 is 1.10 bits per heavy atom. The lowest BCUT2D eigenvalue weighted by molar-refractivity contribution is -0.146. The molecule has 0 aromatic heterocycles. The van der Waals surface area contributed by atoms with Gasteiger partial charge in [0.2, 0.25) is 5.91 Å². The molecule has 1 N–H and O–H groups in total. The lowest BCUT2D eigenvalue weighted by atomic mass is 9.96. The number of carbonyl (C=O) groups excluding carboxylic acids is 1. The predicted molar refractivity (Wildman–Crippen MR) is 76.3 cm³/mol. The highest BCUT2D eigenvalue weighted by atomic mass is 16.3. The summed E-state index contributed by atoms with van der Waals surface area (Å²) in [4.78, 5) is 11.7. The highest BCUT2D eigenvalue weighted by molar-refractivity contribution is 5.87. The third kappa shape index (κ3) is 2.28. The van der Waals surface area contributed by atoms with E-state index in [0.717, 1.165) is 5.56 Å². The molecule has 0 aliphatic carbocycles. The minimum atomic E-state index is -0.00877. The number of rotatable bonds is 3. The van der Waals surface area contributed by atoms with E-state index in [1.54, 1.807) is 18.2 Å². The molecule has 100 valence electrons. The van der Waals surface area contributed by atoms with Gasteiger partial charge < -0.3 is 5.11 Å². The van der Waals surface area contributed by atoms with Gasteiger partial charge in [0, 0.05) is 5.56 Å². The third-order valence-corrected chi connectivity index (χ3v) is 3.36. The molecule has 3 rings (SSSR count). The van der Waals surface area contributed by atoms with E-state index in [0.29, 0.717) is 12.0 Å². The van der Waals surface area contributed by atoms with Gasteiger partial charge in [0.25, 0.3) is 0 Å². The topological polar surface area (TPSA) is 52.9 Å². The smallest absolute Gasteiger partial charge is 0.245 e. The van der Waals surface area contributed by atoms with Gasteiger partial charge in [-0.25, -0.2) is 5.01 Å². The van der Waals surface area contributed by atoms with Crippen molar-refractivity contribution in [2.24, 2.45) is 5.10 Å².